The lowest BCUT2D eigenvalue weighted by Gasteiger charge is -2.33. The predicted molar refractivity (Wildman–Crippen MR) is 150 cm³/mol. The highest BCUT2D eigenvalue weighted by Crippen LogP contribution is 2.50. The molecule has 2 aliphatic rings. The second-order valence-electron chi connectivity index (χ2n) is 11.2. The Morgan fingerprint density at radius 2 is 1.73 bits per heavy atom. The maximum Gasteiger partial charge on any atom is 0.260 e. The first-order chi connectivity index (χ1) is 21.2. The fourth-order valence-electron chi connectivity index (χ4n) is 5.76. The Bertz CT molecular complexity index is 1890. The van der Waals surface area contributed by atoms with Crippen molar-refractivity contribution in [3.8, 4) is 22.6 Å². The molecule has 2 fully saturated rings. The van der Waals surface area contributed by atoms with Gasteiger partial charge in [0.1, 0.15) is 17.4 Å². The molecule has 1 aliphatic carbocycles. The molecule has 1 amide bonds. The summed E-state index contributed by atoms with van der Waals surface area (Å²) in [7, 11) is 0. The zero-order chi connectivity index (χ0) is 30.6. The van der Waals surface area contributed by atoms with Gasteiger partial charge in [-0.05, 0) is 55.3 Å². The fourth-order valence-corrected chi connectivity index (χ4v) is 5.76. The van der Waals surface area contributed by atoms with Crippen LogP contribution in [0.4, 0.5) is 17.6 Å². The Hall–Kier alpha value is -4.94. The van der Waals surface area contributed by atoms with E-state index in [1.165, 1.54) is 29.3 Å². The Balaban J connectivity index is 1.19. The second-order valence-corrected chi connectivity index (χ2v) is 11.2. The third-order valence-corrected chi connectivity index (χ3v) is 8.21. The van der Waals surface area contributed by atoms with E-state index < -0.39 is 23.7 Å². The molecule has 0 bridgehead atoms. The molecule has 9 nitrogen and oxygen atoms in total. The zero-order valence-corrected chi connectivity index (χ0v) is 23.2. The topological polar surface area (TPSA) is 98.3 Å². The molecule has 44 heavy (non-hydrogen) atoms. The number of carbonyl (C=O) groups excluding carboxylic acids is 2. The molecule has 4 aromatic heterocycles. The van der Waals surface area contributed by atoms with Gasteiger partial charge in [-0.3, -0.25) is 9.59 Å². The maximum atomic E-state index is 13.8. The quantitative estimate of drug-likeness (QED) is 0.145. The van der Waals surface area contributed by atoms with Crippen LogP contribution in [0.5, 0.6) is 0 Å². The van der Waals surface area contributed by atoms with E-state index in [0.29, 0.717) is 59.9 Å². The van der Waals surface area contributed by atoms with Gasteiger partial charge in [-0.1, -0.05) is 0 Å². The highest BCUT2D eigenvalue weighted by atomic mass is 19.3. The predicted octanol–water partition coefficient (Wildman–Crippen LogP) is 5.18. The average Bonchev–Trinajstić information content (AvgIpc) is 3.32. The van der Waals surface area contributed by atoms with Gasteiger partial charge < -0.3 is 9.47 Å². The largest absolute Gasteiger partial charge is 0.342 e. The number of imidazole rings is 2. The molecule has 0 spiro atoms. The third kappa shape index (κ3) is 5.22. The summed E-state index contributed by atoms with van der Waals surface area (Å²) in [5.74, 6) is -6.07. The minimum atomic E-state index is -2.91. The van der Waals surface area contributed by atoms with Crippen molar-refractivity contribution in [2.24, 2.45) is 5.92 Å². The van der Waals surface area contributed by atoms with E-state index in [1.54, 1.807) is 41.3 Å². The standard InChI is InChI=1S/C31H25F4N7O2/c32-20-3-1-18(2-4-20)28-29(41(17-37-28)22-8-11-40(12-9-22)30(44)23-15-31(23,34)35)24-5-6-27-38-21(16-42(27)39-24)14-25(43)19-7-10-36-26(33)13-19/h1-7,10,13,16-17,22-23H,8-9,11-12,14-15H2. The summed E-state index contributed by atoms with van der Waals surface area (Å²) in [5.41, 5.74) is 3.58. The van der Waals surface area contributed by atoms with E-state index in [4.69, 9.17) is 5.10 Å². The fraction of sp³-hybridized carbons (Fsp3) is 0.290. The molecular weight excluding hydrogens is 578 g/mol. The minimum Gasteiger partial charge on any atom is -0.342 e. The van der Waals surface area contributed by atoms with Crippen LogP contribution in [0.1, 0.15) is 41.4 Å². The number of fused-ring (bicyclic) bond motifs is 1. The Labute approximate surface area is 248 Å². The normalized spacial score (nSPS) is 18.1. The molecule has 5 aromatic rings. The molecule has 1 saturated carbocycles. The first-order valence-corrected chi connectivity index (χ1v) is 14.2. The van der Waals surface area contributed by atoms with E-state index in [1.807, 2.05) is 4.57 Å². The zero-order valence-electron chi connectivity index (χ0n) is 23.2. The third-order valence-electron chi connectivity index (χ3n) is 8.21. The minimum absolute atomic E-state index is 0.0645. The molecule has 1 aromatic carbocycles. The van der Waals surface area contributed by atoms with Crippen LogP contribution >= 0.6 is 0 Å². The number of alkyl halides is 2. The van der Waals surface area contributed by atoms with Crippen molar-refractivity contribution in [2.45, 2.75) is 37.6 Å². The van der Waals surface area contributed by atoms with Crippen molar-refractivity contribution in [1.29, 1.82) is 0 Å². The average molecular weight is 604 g/mol. The van der Waals surface area contributed by atoms with Gasteiger partial charge in [0.2, 0.25) is 11.9 Å². The number of carbonyl (C=O) groups is 2. The highest BCUT2D eigenvalue weighted by molar-refractivity contribution is 5.97. The lowest BCUT2D eigenvalue weighted by Crippen LogP contribution is -2.40. The number of pyridine rings is 1. The van der Waals surface area contributed by atoms with Crippen LogP contribution in [-0.4, -0.2) is 64.7 Å². The second kappa shape index (κ2) is 10.6. The van der Waals surface area contributed by atoms with Crippen LogP contribution in [0.25, 0.3) is 28.3 Å². The number of halogens is 4. The van der Waals surface area contributed by atoms with Crippen molar-refractivity contribution < 1.29 is 27.2 Å². The van der Waals surface area contributed by atoms with E-state index in [9.17, 15) is 27.2 Å². The molecule has 224 valence electrons. The Morgan fingerprint density at radius 3 is 2.43 bits per heavy atom. The van der Waals surface area contributed by atoms with Gasteiger partial charge in [0.05, 0.1) is 36.0 Å². The number of hydrogen-bond donors (Lipinski definition) is 0. The number of aromatic nitrogens is 6. The molecule has 7 rings (SSSR count). The monoisotopic (exact) mass is 603 g/mol. The molecule has 0 N–H and O–H groups in total. The van der Waals surface area contributed by atoms with Crippen molar-refractivity contribution in [3.05, 3.63) is 90.3 Å². The number of likely N-dealkylation sites (tertiary alicyclic amines) is 1. The number of benzene rings is 1. The lowest BCUT2D eigenvalue weighted by atomic mass is 10.0. The van der Waals surface area contributed by atoms with Crippen LogP contribution < -0.4 is 0 Å². The molecule has 1 atom stereocenters. The number of nitrogens with zero attached hydrogens (tertiary/aromatic N) is 7. The highest BCUT2D eigenvalue weighted by Gasteiger charge is 2.62. The van der Waals surface area contributed by atoms with Gasteiger partial charge in [-0.15, -0.1) is 0 Å². The summed E-state index contributed by atoms with van der Waals surface area (Å²) < 4.78 is 57.8. The van der Waals surface area contributed by atoms with Gasteiger partial charge in [0, 0.05) is 48.9 Å². The van der Waals surface area contributed by atoms with Crippen LogP contribution in [0.15, 0.2) is 67.3 Å². The summed E-state index contributed by atoms with van der Waals surface area (Å²) in [6.45, 7) is 0.679. The van der Waals surface area contributed by atoms with Crippen LogP contribution in [-0.2, 0) is 11.2 Å². The SMILES string of the molecule is O=C(Cc1cn2nc(-c3c(-c4ccc(F)cc4)ncn3C3CCN(C(=O)C4CC4(F)F)CC3)ccc2n1)c1ccnc(F)c1. The Kier molecular flexibility index (Phi) is 6.74. The summed E-state index contributed by atoms with van der Waals surface area (Å²) in [4.78, 5) is 39.4. The van der Waals surface area contributed by atoms with Crippen molar-refractivity contribution >= 4 is 17.3 Å². The lowest BCUT2D eigenvalue weighted by molar-refractivity contribution is -0.136. The molecule has 1 saturated heterocycles. The van der Waals surface area contributed by atoms with Crippen LogP contribution in [0, 0.1) is 17.7 Å². The first-order valence-electron chi connectivity index (χ1n) is 14.2. The molecule has 5 heterocycles. The van der Waals surface area contributed by atoms with Crippen molar-refractivity contribution in [1.82, 2.24) is 34.0 Å². The Morgan fingerprint density at radius 1 is 0.977 bits per heavy atom. The van der Waals surface area contributed by atoms with Crippen molar-refractivity contribution in [2.75, 3.05) is 13.1 Å². The summed E-state index contributed by atoms with van der Waals surface area (Å²) in [6, 6.07) is 11.9. The van der Waals surface area contributed by atoms with E-state index in [2.05, 4.69) is 15.0 Å². The smallest absolute Gasteiger partial charge is 0.260 e. The van der Waals surface area contributed by atoms with Gasteiger partial charge in [0.15, 0.2) is 11.4 Å². The van der Waals surface area contributed by atoms with Gasteiger partial charge >= 0.3 is 0 Å². The number of rotatable bonds is 7. The number of hydrogen-bond acceptors (Lipinski definition) is 6. The number of Topliss-reactive ketones (excluding diaryl/α,β-unsaturated/α-hetero) is 1. The van der Waals surface area contributed by atoms with Gasteiger partial charge in [-0.2, -0.15) is 9.49 Å². The van der Waals surface area contributed by atoms with E-state index in [0.717, 1.165) is 6.07 Å². The van der Waals surface area contributed by atoms with Gasteiger partial charge in [0.25, 0.3) is 5.92 Å². The maximum absolute atomic E-state index is 13.8. The van der Waals surface area contributed by atoms with E-state index >= 15 is 0 Å². The number of ketones is 1. The van der Waals surface area contributed by atoms with Crippen LogP contribution in [0.3, 0.4) is 0 Å². The number of piperidine rings is 1. The molecule has 0 radical (unpaired) electrons. The first kappa shape index (κ1) is 27.9. The summed E-state index contributed by atoms with van der Waals surface area (Å²) >= 11 is 0. The molecular formula is C31H25F4N7O2. The van der Waals surface area contributed by atoms with E-state index in [-0.39, 0.29) is 36.0 Å². The summed E-state index contributed by atoms with van der Waals surface area (Å²) in [5, 5.41) is 4.77. The summed E-state index contributed by atoms with van der Waals surface area (Å²) in [6.07, 6.45) is 5.16. The van der Waals surface area contributed by atoms with Gasteiger partial charge in [-0.25, -0.2) is 32.6 Å². The molecule has 1 aliphatic heterocycles. The van der Waals surface area contributed by atoms with Crippen LogP contribution in [0.2, 0.25) is 0 Å². The number of amides is 1. The van der Waals surface area contributed by atoms with Crippen molar-refractivity contribution in [3.63, 3.8) is 0 Å². The molecule has 13 heteroatoms. The molecule has 1 unspecified atom stereocenters.